The largest absolute Gasteiger partial charge is 0.315 e. The number of hydrogen-bond acceptors (Lipinski definition) is 2. The number of rotatable bonds is 4. The van der Waals surface area contributed by atoms with Crippen molar-refractivity contribution in [3.63, 3.8) is 0 Å². The molecule has 1 aliphatic rings. The minimum Gasteiger partial charge on any atom is -0.315 e. The molecule has 1 fully saturated rings. The second-order valence-electron chi connectivity index (χ2n) is 5.94. The molecule has 1 heterocycles. The Balaban J connectivity index is 2.34. The van der Waals surface area contributed by atoms with Crippen LogP contribution in [-0.4, -0.2) is 37.1 Å². The van der Waals surface area contributed by atoms with Gasteiger partial charge >= 0.3 is 0 Å². The van der Waals surface area contributed by atoms with Gasteiger partial charge in [0, 0.05) is 12.6 Å². The number of piperidine rings is 1. The summed E-state index contributed by atoms with van der Waals surface area (Å²) in [5.74, 6) is 0. The lowest BCUT2D eigenvalue weighted by Crippen LogP contribution is -2.46. The van der Waals surface area contributed by atoms with E-state index in [9.17, 15) is 0 Å². The van der Waals surface area contributed by atoms with E-state index >= 15 is 0 Å². The Morgan fingerprint density at radius 3 is 2.53 bits per heavy atom. The van der Waals surface area contributed by atoms with Crippen LogP contribution >= 0.6 is 0 Å². The quantitative estimate of drug-likeness (QED) is 0.770. The van der Waals surface area contributed by atoms with Crippen molar-refractivity contribution in [2.45, 2.75) is 53.0 Å². The van der Waals surface area contributed by atoms with Crippen LogP contribution in [0.3, 0.4) is 0 Å². The number of nitrogens with zero attached hydrogens (tertiary/aromatic N) is 1. The van der Waals surface area contributed by atoms with Gasteiger partial charge < -0.3 is 5.32 Å². The smallest absolute Gasteiger partial charge is 0.0220 e. The third-order valence-corrected chi connectivity index (χ3v) is 3.34. The molecule has 90 valence electrons. The van der Waals surface area contributed by atoms with Crippen LogP contribution in [0.2, 0.25) is 0 Å². The fraction of sp³-hybridized carbons (Fsp3) is 1.00. The van der Waals surface area contributed by atoms with Crippen molar-refractivity contribution < 1.29 is 0 Å². The van der Waals surface area contributed by atoms with Crippen molar-refractivity contribution in [2.24, 2.45) is 5.41 Å². The van der Waals surface area contributed by atoms with Crippen molar-refractivity contribution >= 4 is 0 Å². The highest BCUT2D eigenvalue weighted by Gasteiger charge is 2.21. The van der Waals surface area contributed by atoms with E-state index in [4.69, 9.17) is 0 Å². The molecule has 1 saturated heterocycles. The van der Waals surface area contributed by atoms with Crippen molar-refractivity contribution in [1.82, 2.24) is 10.2 Å². The van der Waals surface area contributed by atoms with Gasteiger partial charge in [-0.15, -0.1) is 0 Å². The Labute approximate surface area is 95.4 Å². The van der Waals surface area contributed by atoms with E-state index in [1.54, 1.807) is 0 Å². The van der Waals surface area contributed by atoms with Crippen LogP contribution in [0.15, 0.2) is 0 Å². The Bertz CT molecular complexity index is 166. The molecule has 0 saturated carbocycles. The summed E-state index contributed by atoms with van der Waals surface area (Å²) in [6, 6.07) is 0.783. The van der Waals surface area contributed by atoms with Crippen molar-refractivity contribution in [2.75, 3.05) is 26.2 Å². The molecule has 1 N–H and O–H groups in total. The third-order valence-electron chi connectivity index (χ3n) is 3.34. The number of hydrogen-bond donors (Lipinski definition) is 1. The van der Waals surface area contributed by atoms with E-state index in [-0.39, 0.29) is 0 Å². The van der Waals surface area contributed by atoms with E-state index in [0.29, 0.717) is 5.41 Å². The Kier molecular flexibility index (Phi) is 5.07. The zero-order chi connectivity index (χ0) is 11.3. The highest BCUT2D eigenvalue weighted by atomic mass is 15.2. The summed E-state index contributed by atoms with van der Waals surface area (Å²) in [5, 5.41) is 3.51. The summed E-state index contributed by atoms with van der Waals surface area (Å²) in [5.41, 5.74) is 0.468. The lowest BCUT2D eigenvalue weighted by Gasteiger charge is -2.35. The molecule has 1 unspecified atom stereocenters. The van der Waals surface area contributed by atoms with Gasteiger partial charge in [-0.05, 0) is 44.3 Å². The van der Waals surface area contributed by atoms with Gasteiger partial charge in [-0.3, -0.25) is 4.90 Å². The van der Waals surface area contributed by atoms with Gasteiger partial charge in [0.05, 0.1) is 0 Å². The first kappa shape index (κ1) is 13.0. The van der Waals surface area contributed by atoms with E-state index in [1.807, 2.05) is 0 Å². The van der Waals surface area contributed by atoms with Crippen LogP contribution in [0, 0.1) is 5.41 Å². The summed E-state index contributed by atoms with van der Waals surface area (Å²) in [7, 11) is 0. The molecule has 1 aliphatic heterocycles. The van der Waals surface area contributed by atoms with Crippen LogP contribution in [0.5, 0.6) is 0 Å². The first-order valence-electron chi connectivity index (χ1n) is 6.47. The van der Waals surface area contributed by atoms with Gasteiger partial charge in [0.1, 0.15) is 0 Å². The van der Waals surface area contributed by atoms with Crippen molar-refractivity contribution in [3.8, 4) is 0 Å². The molecule has 0 aliphatic carbocycles. The molecule has 0 amide bonds. The van der Waals surface area contributed by atoms with Crippen LogP contribution in [0.25, 0.3) is 0 Å². The summed E-state index contributed by atoms with van der Waals surface area (Å²) in [6.45, 7) is 14.2. The van der Waals surface area contributed by atoms with E-state index < -0.39 is 0 Å². The third kappa shape index (κ3) is 4.98. The minimum atomic E-state index is 0.468. The molecule has 1 rings (SSSR count). The topological polar surface area (TPSA) is 15.3 Å². The lowest BCUT2D eigenvalue weighted by atomic mass is 9.91. The van der Waals surface area contributed by atoms with Gasteiger partial charge in [0.2, 0.25) is 0 Å². The van der Waals surface area contributed by atoms with Crippen LogP contribution in [0.1, 0.15) is 47.0 Å². The highest BCUT2D eigenvalue weighted by molar-refractivity contribution is 4.78. The van der Waals surface area contributed by atoms with E-state index in [2.05, 4.69) is 37.9 Å². The first-order valence-corrected chi connectivity index (χ1v) is 6.47. The fourth-order valence-electron chi connectivity index (χ4n) is 2.22. The Morgan fingerprint density at radius 1 is 1.33 bits per heavy atom. The maximum absolute atomic E-state index is 3.51. The van der Waals surface area contributed by atoms with Gasteiger partial charge in [-0.1, -0.05) is 27.7 Å². The van der Waals surface area contributed by atoms with Gasteiger partial charge in [-0.2, -0.15) is 0 Å². The SMILES string of the molecule is CCN(CCC(C)(C)C)C1CCCNC1. The fourth-order valence-corrected chi connectivity index (χ4v) is 2.22. The predicted molar refractivity (Wildman–Crippen MR) is 67.2 cm³/mol. The van der Waals surface area contributed by atoms with Crippen LogP contribution in [-0.2, 0) is 0 Å². The van der Waals surface area contributed by atoms with E-state index in [1.165, 1.54) is 45.4 Å². The molecule has 0 aromatic rings. The highest BCUT2D eigenvalue weighted by Crippen LogP contribution is 2.20. The summed E-state index contributed by atoms with van der Waals surface area (Å²) in [6.07, 6.45) is 4.03. The molecule has 2 nitrogen and oxygen atoms in total. The summed E-state index contributed by atoms with van der Waals surface area (Å²) in [4.78, 5) is 2.65. The molecular weight excluding hydrogens is 184 g/mol. The second kappa shape index (κ2) is 5.86. The minimum absolute atomic E-state index is 0.468. The molecule has 0 aromatic heterocycles. The molecule has 0 aromatic carbocycles. The molecule has 0 spiro atoms. The number of nitrogens with one attached hydrogen (secondary N) is 1. The summed E-state index contributed by atoms with van der Waals surface area (Å²) >= 11 is 0. The van der Waals surface area contributed by atoms with Crippen molar-refractivity contribution in [3.05, 3.63) is 0 Å². The van der Waals surface area contributed by atoms with Gasteiger partial charge in [-0.25, -0.2) is 0 Å². The first-order chi connectivity index (χ1) is 7.03. The Morgan fingerprint density at radius 2 is 2.07 bits per heavy atom. The van der Waals surface area contributed by atoms with Gasteiger partial charge in [0.15, 0.2) is 0 Å². The number of likely N-dealkylation sites (N-methyl/N-ethyl adjacent to an activating group) is 1. The molecule has 0 radical (unpaired) electrons. The summed E-state index contributed by atoms with van der Waals surface area (Å²) < 4.78 is 0. The van der Waals surface area contributed by atoms with E-state index in [0.717, 1.165) is 6.04 Å². The Hall–Kier alpha value is -0.0800. The predicted octanol–water partition coefficient (Wildman–Crippen LogP) is 2.50. The molecule has 15 heavy (non-hydrogen) atoms. The zero-order valence-corrected chi connectivity index (χ0v) is 11.0. The maximum atomic E-state index is 3.51. The van der Waals surface area contributed by atoms with Crippen molar-refractivity contribution in [1.29, 1.82) is 0 Å². The lowest BCUT2D eigenvalue weighted by molar-refractivity contribution is 0.153. The zero-order valence-electron chi connectivity index (χ0n) is 11.0. The van der Waals surface area contributed by atoms with Crippen LogP contribution in [0.4, 0.5) is 0 Å². The normalized spacial score (nSPS) is 23.4. The average Bonchev–Trinajstić information content (AvgIpc) is 2.19. The monoisotopic (exact) mass is 212 g/mol. The molecule has 0 bridgehead atoms. The maximum Gasteiger partial charge on any atom is 0.0220 e. The molecular formula is C13H28N2. The standard InChI is InChI=1S/C13H28N2/c1-5-15(10-8-13(2,3)4)12-7-6-9-14-11-12/h12,14H,5-11H2,1-4H3. The van der Waals surface area contributed by atoms with Crippen LogP contribution < -0.4 is 5.32 Å². The molecule has 1 atom stereocenters. The van der Waals surface area contributed by atoms with Gasteiger partial charge in [0.25, 0.3) is 0 Å². The average molecular weight is 212 g/mol. The molecule has 2 heteroatoms. The second-order valence-corrected chi connectivity index (χ2v) is 5.94.